The molecule has 1 amide bonds. The molecule has 0 unspecified atom stereocenters. The highest BCUT2D eigenvalue weighted by atomic mass is 35.5. The minimum Gasteiger partial charge on any atom is -0.338 e. The number of amides is 1. The summed E-state index contributed by atoms with van der Waals surface area (Å²) in [4.78, 5) is 16.2. The van der Waals surface area contributed by atoms with Gasteiger partial charge < -0.3 is 9.84 Å². The minimum absolute atomic E-state index is 0.0373. The zero-order valence-electron chi connectivity index (χ0n) is 12.9. The van der Waals surface area contributed by atoms with Gasteiger partial charge >= 0.3 is 0 Å². The van der Waals surface area contributed by atoms with E-state index in [1.54, 1.807) is 0 Å². The fourth-order valence-electron chi connectivity index (χ4n) is 2.02. The van der Waals surface area contributed by atoms with Gasteiger partial charge in [-0.3, -0.25) is 4.79 Å². The summed E-state index contributed by atoms with van der Waals surface area (Å²) in [5.74, 6) is 0.813. The maximum Gasteiger partial charge on any atom is 0.236 e. The summed E-state index contributed by atoms with van der Waals surface area (Å²) in [5, 5.41) is 6.53. The van der Waals surface area contributed by atoms with Crippen molar-refractivity contribution in [2.75, 3.05) is 11.1 Å². The fraction of sp³-hybridized carbons (Fsp3) is 0.118. The van der Waals surface area contributed by atoms with Gasteiger partial charge in [-0.1, -0.05) is 47.1 Å². The number of nitrogens with zero attached hydrogens (tertiary/aromatic N) is 2. The molecule has 1 N–H and O–H groups in total. The van der Waals surface area contributed by atoms with Gasteiger partial charge in [-0.15, -0.1) is 11.8 Å². The number of hydrogen-bond donors (Lipinski definition) is 1. The van der Waals surface area contributed by atoms with Gasteiger partial charge in [0.1, 0.15) is 5.82 Å². The number of thioether (sulfide) groups is 1. The minimum atomic E-state index is -0.528. The Kier molecular flexibility index (Phi) is 5.67. The van der Waals surface area contributed by atoms with Crippen LogP contribution in [0.15, 0.2) is 53.1 Å². The van der Waals surface area contributed by atoms with E-state index in [-0.39, 0.29) is 16.7 Å². The number of hydrogen-bond acceptors (Lipinski definition) is 5. The first-order valence-corrected chi connectivity index (χ1v) is 8.86. The number of nitrogens with one attached hydrogen (secondary N) is 1. The first-order chi connectivity index (χ1) is 12.1. The molecule has 2 aromatic carbocycles. The van der Waals surface area contributed by atoms with Gasteiger partial charge in [-0.2, -0.15) is 4.98 Å². The van der Waals surface area contributed by atoms with E-state index in [0.717, 1.165) is 5.56 Å². The Morgan fingerprint density at radius 3 is 2.80 bits per heavy atom. The number of halogens is 2. The zero-order chi connectivity index (χ0) is 17.6. The molecule has 0 aliphatic carbocycles. The van der Waals surface area contributed by atoms with E-state index in [1.165, 1.54) is 30.0 Å². The lowest BCUT2D eigenvalue weighted by Crippen LogP contribution is -2.14. The Morgan fingerprint density at radius 2 is 2.04 bits per heavy atom. The quantitative estimate of drug-likeness (QED) is 0.689. The Labute approximate surface area is 152 Å². The number of anilines is 1. The molecule has 8 heteroatoms. The topological polar surface area (TPSA) is 68.0 Å². The molecule has 0 saturated carbocycles. The van der Waals surface area contributed by atoms with Crippen LogP contribution in [0.25, 0.3) is 11.4 Å². The van der Waals surface area contributed by atoms with Crippen molar-refractivity contribution in [1.82, 2.24) is 10.1 Å². The van der Waals surface area contributed by atoms with Crippen molar-refractivity contribution in [2.24, 2.45) is 0 Å². The molecule has 128 valence electrons. The van der Waals surface area contributed by atoms with Crippen LogP contribution in [-0.2, 0) is 10.5 Å². The van der Waals surface area contributed by atoms with E-state index in [9.17, 15) is 9.18 Å². The van der Waals surface area contributed by atoms with Crippen LogP contribution in [0.1, 0.15) is 5.89 Å². The van der Waals surface area contributed by atoms with Crippen LogP contribution in [-0.4, -0.2) is 21.8 Å². The van der Waals surface area contributed by atoms with E-state index < -0.39 is 5.82 Å². The summed E-state index contributed by atoms with van der Waals surface area (Å²) in [6.07, 6.45) is 0. The van der Waals surface area contributed by atoms with Gasteiger partial charge in [0.2, 0.25) is 17.6 Å². The van der Waals surface area contributed by atoms with Crippen LogP contribution < -0.4 is 5.32 Å². The van der Waals surface area contributed by atoms with E-state index >= 15 is 0 Å². The number of aromatic nitrogens is 2. The molecular formula is C17H13ClFN3O2S. The Bertz CT molecular complexity index is 873. The third kappa shape index (κ3) is 4.80. The predicted octanol–water partition coefficient (Wildman–Crippen LogP) is 4.40. The highest BCUT2D eigenvalue weighted by molar-refractivity contribution is 7.99. The highest BCUT2D eigenvalue weighted by Crippen LogP contribution is 2.20. The van der Waals surface area contributed by atoms with Crippen LogP contribution in [0.2, 0.25) is 5.02 Å². The molecule has 5 nitrogen and oxygen atoms in total. The van der Waals surface area contributed by atoms with Gasteiger partial charge in [0, 0.05) is 11.3 Å². The van der Waals surface area contributed by atoms with E-state index in [0.29, 0.717) is 23.2 Å². The van der Waals surface area contributed by atoms with E-state index in [2.05, 4.69) is 15.5 Å². The van der Waals surface area contributed by atoms with Crippen LogP contribution in [0.3, 0.4) is 0 Å². The molecule has 1 heterocycles. The van der Waals surface area contributed by atoms with Crippen LogP contribution in [0.4, 0.5) is 10.1 Å². The summed E-state index contributed by atoms with van der Waals surface area (Å²) >= 11 is 7.01. The predicted molar refractivity (Wildman–Crippen MR) is 95.9 cm³/mol. The van der Waals surface area contributed by atoms with Crippen LogP contribution in [0, 0.1) is 5.82 Å². The molecule has 3 rings (SSSR count). The number of carbonyl (C=O) groups excluding carboxylic acids is 1. The second-order valence-electron chi connectivity index (χ2n) is 5.05. The number of rotatable bonds is 6. The summed E-state index contributed by atoms with van der Waals surface area (Å²) < 4.78 is 18.3. The smallest absolute Gasteiger partial charge is 0.236 e. The Hall–Kier alpha value is -2.38. The lowest BCUT2D eigenvalue weighted by Gasteiger charge is -2.05. The Balaban J connectivity index is 1.48. The van der Waals surface area contributed by atoms with E-state index in [4.69, 9.17) is 16.1 Å². The molecule has 0 aliphatic heterocycles. The molecular weight excluding hydrogens is 365 g/mol. The first kappa shape index (κ1) is 17.4. The second kappa shape index (κ2) is 8.13. The normalized spacial score (nSPS) is 10.6. The standard InChI is InChI=1S/C17H13ClFN3O2S/c18-13-8-12(6-7-14(13)19)20-15(23)9-25-10-16-21-17(22-24-16)11-4-2-1-3-5-11/h1-8H,9-10H2,(H,20,23). The van der Waals surface area contributed by atoms with Crippen LogP contribution >= 0.6 is 23.4 Å². The van der Waals surface area contributed by atoms with Gasteiger partial charge in [-0.25, -0.2) is 4.39 Å². The van der Waals surface area contributed by atoms with Crippen molar-refractivity contribution >= 4 is 35.0 Å². The molecule has 0 fully saturated rings. The monoisotopic (exact) mass is 377 g/mol. The van der Waals surface area contributed by atoms with Crippen molar-refractivity contribution < 1.29 is 13.7 Å². The van der Waals surface area contributed by atoms with Crippen molar-refractivity contribution in [3.05, 3.63) is 65.3 Å². The van der Waals surface area contributed by atoms with E-state index in [1.807, 2.05) is 30.3 Å². The number of benzene rings is 2. The fourth-order valence-corrected chi connectivity index (χ4v) is 2.85. The molecule has 0 atom stereocenters. The van der Waals surface area contributed by atoms with Gasteiger partial charge in [0.05, 0.1) is 16.5 Å². The third-order valence-electron chi connectivity index (χ3n) is 3.16. The zero-order valence-corrected chi connectivity index (χ0v) is 14.5. The average molecular weight is 378 g/mol. The molecule has 0 radical (unpaired) electrons. The average Bonchev–Trinajstić information content (AvgIpc) is 3.08. The highest BCUT2D eigenvalue weighted by Gasteiger charge is 2.10. The summed E-state index contributed by atoms with van der Waals surface area (Å²) in [5.41, 5.74) is 1.31. The summed E-state index contributed by atoms with van der Waals surface area (Å²) in [6, 6.07) is 13.5. The van der Waals surface area contributed by atoms with Gasteiger partial charge in [-0.05, 0) is 18.2 Å². The second-order valence-corrected chi connectivity index (χ2v) is 6.44. The number of carbonyl (C=O) groups is 1. The SMILES string of the molecule is O=C(CSCc1nc(-c2ccccc2)no1)Nc1ccc(F)c(Cl)c1. The van der Waals surface area contributed by atoms with Crippen molar-refractivity contribution in [3.63, 3.8) is 0 Å². The third-order valence-corrected chi connectivity index (χ3v) is 4.37. The lowest BCUT2D eigenvalue weighted by atomic mass is 10.2. The molecule has 25 heavy (non-hydrogen) atoms. The molecule has 0 aliphatic rings. The molecule has 0 spiro atoms. The van der Waals surface area contributed by atoms with Crippen molar-refractivity contribution in [3.8, 4) is 11.4 Å². The summed E-state index contributed by atoms with van der Waals surface area (Å²) in [7, 11) is 0. The van der Waals surface area contributed by atoms with Gasteiger partial charge in [0.15, 0.2) is 0 Å². The van der Waals surface area contributed by atoms with Crippen LogP contribution in [0.5, 0.6) is 0 Å². The maximum atomic E-state index is 13.1. The molecule has 0 bridgehead atoms. The Morgan fingerprint density at radius 1 is 1.24 bits per heavy atom. The van der Waals surface area contributed by atoms with Crippen molar-refractivity contribution in [2.45, 2.75) is 5.75 Å². The van der Waals surface area contributed by atoms with Gasteiger partial charge in [0.25, 0.3) is 0 Å². The molecule has 3 aromatic rings. The summed E-state index contributed by atoms with van der Waals surface area (Å²) in [6.45, 7) is 0. The largest absolute Gasteiger partial charge is 0.338 e. The maximum absolute atomic E-state index is 13.1. The molecule has 0 saturated heterocycles. The molecule has 1 aromatic heterocycles. The lowest BCUT2D eigenvalue weighted by molar-refractivity contribution is -0.113. The first-order valence-electron chi connectivity index (χ1n) is 7.32. The van der Waals surface area contributed by atoms with Crippen molar-refractivity contribution in [1.29, 1.82) is 0 Å².